The van der Waals surface area contributed by atoms with E-state index in [2.05, 4.69) is 44.8 Å². The molecule has 3 nitrogen and oxygen atoms in total. The summed E-state index contributed by atoms with van der Waals surface area (Å²) >= 11 is 8.03. The number of benzene rings is 1. The van der Waals surface area contributed by atoms with Gasteiger partial charge in [0, 0.05) is 13.0 Å². The summed E-state index contributed by atoms with van der Waals surface area (Å²) in [7, 11) is 0. The molecule has 0 saturated heterocycles. The van der Waals surface area contributed by atoms with E-state index in [0.29, 0.717) is 17.8 Å². The largest absolute Gasteiger partial charge is 0.369 e. The number of aryl methyl sites for hydroxylation is 1. The standard InChI is InChI=1S/C15H16ClFIN3/c1-3-7-19-15-14(18)9(2)20-12(21-15)8-10-5-4-6-11(16)13(10)17/h4-6H,3,7-8H2,1-2H3,(H,19,20,21). The average Bonchev–Trinajstić information content (AvgIpc) is 2.46. The predicted octanol–water partition coefficient (Wildman–Crippen LogP) is 4.59. The maximum Gasteiger partial charge on any atom is 0.145 e. The van der Waals surface area contributed by atoms with Crippen LogP contribution in [0.5, 0.6) is 0 Å². The van der Waals surface area contributed by atoms with Crippen molar-refractivity contribution < 1.29 is 4.39 Å². The molecule has 0 aliphatic rings. The van der Waals surface area contributed by atoms with Gasteiger partial charge in [0.1, 0.15) is 17.5 Å². The van der Waals surface area contributed by atoms with Crippen molar-refractivity contribution in [2.75, 3.05) is 11.9 Å². The minimum atomic E-state index is -0.401. The second kappa shape index (κ2) is 7.35. The molecule has 0 saturated carbocycles. The number of hydrogen-bond acceptors (Lipinski definition) is 3. The molecule has 0 atom stereocenters. The Morgan fingerprint density at radius 2 is 2.10 bits per heavy atom. The van der Waals surface area contributed by atoms with Gasteiger partial charge in [0.15, 0.2) is 0 Å². The molecule has 0 aliphatic carbocycles. The monoisotopic (exact) mass is 419 g/mol. The molecule has 0 aliphatic heterocycles. The number of anilines is 1. The van der Waals surface area contributed by atoms with Gasteiger partial charge in [-0.3, -0.25) is 0 Å². The van der Waals surface area contributed by atoms with Crippen molar-refractivity contribution in [1.29, 1.82) is 0 Å². The molecule has 0 fully saturated rings. The van der Waals surface area contributed by atoms with E-state index in [1.54, 1.807) is 12.1 Å². The van der Waals surface area contributed by atoms with Crippen molar-refractivity contribution in [2.45, 2.75) is 26.7 Å². The molecule has 21 heavy (non-hydrogen) atoms. The molecule has 6 heteroatoms. The molecule has 0 unspecified atom stereocenters. The summed E-state index contributed by atoms with van der Waals surface area (Å²) in [6, 6.07) is 4.97. The fraction of sp³-hybridized carbons (Fsp3) is 0.333. The highest BCUT2D eigenvalue weighted by Crippen LogP contribution is 2.22. The molecule has 1 heterocycles. The zero-order valence-corrected chi connectivity index (χ0v) is 14.8. The van der Waals surface area contributed by atoms with Crippen molar-refractivity contribution in [2.24, 2.45) is 0 Å². The summed E-state index contributed by atoms with van der Waals surface area (Å²) in [6.07, 6.45) is 1.34. The molecule has 1 N–H and O–H groups in total. The molecule has 0 spiro atoms. The summed E-state index contributed by atoms with van der Waals surface area (Å²) < 4.78 is 15.0. The third-order valence-electron chi connectivity index (χ3n) is 2.99. The first kappa shape index (κ1) is 16.4. The van der Waals surface area contributed by atoms with Gasteiger partial charge in [-0.15, -0.1) is 0 Å². The summed E-state index contributed by atoms with van der Waals surface area (Å²) in [5.74, 6) is 0.997. The van der Waals surface area contributed by atoms with E-state index in [4.69, 9.17) is 11.6 Å². The molecule has 2 rings (SSSR count). The Labute approximate surface area is 142 Å². The topological polar surface area (TPSA) is 37.8 Å². The highest BCUT2D eigenvalue weighted by molar-refractivity contribution is 14.1. The van der Waals surface area contributed by atoms with E-state index >= 15 is 0 Å². The number of halogens is 3. The lowest BCUT2D eigenvalue weighted by Gasteiger charge is -2.11. The SMILES string of the molecule is CCCNc1nc(Cc2cccc(Cl)c2F)nc(C)c1I. The van der Waals surface area contributed by atoms with Crippen LogP contribution in [0.1, 0.15) is 30.4 Å². The Morgan fingerprint density at radius 3 is 2.81 bits per heavy atom. The zero-order valence-electron chi connectivity index (χ0n) is 11.9. The Bertz CT molecular complexity index is 649. The van der Waals surface area contributed by atoms with Crippen LogP contribution in [0.3, 0.4) is 0 Å². The van der Waals surface area contributed by atoms with E-state index in [1.807, 2.05) is 6.92 Å². The van der Waals surface area contributed by atoms with E-state index in [-0.39, 0.29) is 5.02 Å². The lowest BCUT2D eigenvalue weighted by molar-refractivity contribution is 0.612. The van der Waals surface area contributed by atoms with Gasteiger partial charge in [-0.25, -0.2) is 14.4 Å². The fourth-order valence-electron chi connectivity index (χ4n) is 1.91. The second-order valence-corrected chi connectivity index (χ2v) is 6.19. The van der Waals surface area contributed by atoms with Crippen LogP contribution in [-0.2, 0) is 6.42 Å². The number of nitrogens with zero attached hydrogens (tertiary/aromatic N) is 2. The van der Waals surface area contributed by atoms with Crippen molar-refractivity contribution in [3.63, 3.8) is 0 Å². The number of rotatable bonds is 5. The minimum absolute atomic E-state index is 0.124. The Morgan fingerprint density at radius 1 is 1.33 bits per heavy atom. The van der Waals surface area contributed by atoms with Gasteiger partial charge in [0.2, 0.25) is 0 Å². The molecule has 2 aromatic rings. The molecule has 0 radical (unpaired) electrons. The fourth-order valence-corrected chi connectivity index (χ4v) is 2.54. The van der Waals surface area contributed by atoms with Gasteiger partial charge in [0.05, 0.1) is 14.3 Å². The van der Waals surface area contributed by atoms with Crippen molar-refractivity contribution in [1.82, 2.24) is 9.97 Å². The molecule has 1 aromatic carbocycles. The van der Waals surface area contributed by atoms with Crippen LogP contribution in [0.25, 0.3) is 0 Å². The van der Waals surface area contributed by atoms with Gasteiger partial charge < -0.3 is 5.32 Å². The first-order valence-electron chi connectivity index (χ1n) is 6.72. The highest BCUT2D eigenvalue weighted by atomic mass is 127. The molecule has 1 aromatic heterocycles. The van der Waals surface area contributed by atoms with Gasteiger partial charge in [-0.1, -0.05) is 30.7 Å². The maximum absolute atomic E-state index is 14.0. The molecule has 0 amide bonds. The van der Waals surface area contributed by atoms with Crippen molar-refractivity contribution in [3.05, 3.63) is 49.7 Å². The summed E-state index contributed by atoms with van der Waals surface area (Å²) in [5, 5.41) is 3.40. The Balaban J connectivity index is 2.31. The second-order valence-electron chi connectivity index (χ2n) is 4.70. The number of nitrogens with one attached hydrogen (secondary N) is 1. The van der Waals surface area contributed by atoms with Gasteiger partial charge in [0.25, 0.3) is 0 Å². The summed E-state index contributed by atoms with van der Waals surface area (Å²) in [6.45, 7) is 4.87. The van der Waals surface area contributed by atoms with Gasteiger partial charge in [-0.2, -0.15) is 0 Å². The summed E-state index contributed by atoms with van der Waals surface area (Å²) in [4.78, 5) is 8.94. The summed E-state index contributed by atoms with van der Waals surface area (Å²) in [5.41, 5.74) is 1.39. The van der Waals surface area contributed by atoms with E-state index in [1.165, 1.54) is 6.07 Å². The quantitative estimate of drug-likeness (QED) is 0.720. The molecule has 112 valence electrons. The third-order valence-corrected chi connectivity index (χ3v) is 4.57. The normalized spacial score (nSPS) is 10.7. The zero-order chi connectivity index (χ0) is 15.4. The number of hydrogen-bond donors (Lipinski definition) is 1. The van der Waals surface area contributed by atoms with E-state index in [9.17, 15) is 4.39 Å². The van der Waals surface area contributed by atoms with Gasteiger partial charge in [-0.05, 0) is 47.6 Å². The van der Waals surface area contributed by atoms with Crippen LogP contribution in [0.15, 0.2) is 18.2 Å². The highest BCUT2D eigenvalue weighted by Gasteiger charge is 2.12. The lowest BCUT2D eigenvalue weighted by atomic mass is 10.1. The lowest BCUT2D eigenvalue weighted by Crippen LogP contribution is -2.10. The smallest absolute Gasteiger partial charge is 0.145 e. The molecule has 0 bridgehead atoms. The van der Waals surface area contributed by atoms with Crippen LogP contribution in [0, 0.1) is 16.3 Å². The minimum Gasteiger partial charge on any atom is -0.369 e. The number of aromatic nitrogens is 2. The maximum atomic E-state index is 14.0. The Hall–Kier alpha value is -0.950. The van der Waals surface area contributed by atoms with Crippen molar-refractivity contribution >= 4 is 40.0 Å². The van der Waals surface area contributed by atoms with Crippen LogP contribution in [0.4, 0.5) is 10.2 Å². The Kier molecular flexibility index (Phi) is 5.75. The third kappa shape index (κ3) is 4.03. The van der Waals surface area contributed by atoms with Crippen LogP contribution in [0.2, 0.25) is 5.02 Å². The predicted molar refractivity (Wildman–Crippen MR) is 92.5 cm³/mol. The van der Waals surface area contributed by atoms with E-state index in [0.717, 1.165) is 28.0 Å². The first-order valence-corrected chi connectivity index (χ1v) is 8.18. The van der Waals surface area contributed by atoms with Crippen molar-refractivity contribution in [3.8, 4) is 0 Å². The first-order chi connectivity index (χ1) is 10.0. The van der Waals surface area contributed by atoms with E-state index < -0.39 is 5.82 Å². The van der Waals surface area contributed by atoms with Crippen LogP contribution >= 0.6 is 34.2 Å². The van der Waals surface area contributed by atoms with Crippen LogP contribution in [-0.4, -0.2) is 16.5 Å². The van der Waals surface area contributed by atoms with Crippen LogP contribution < -0.4 is 5.32 Å². The molecular weight excluding hydrogens is 404 g/mol. The van der Waals surface area contributed by atoms with Gasteiger partial charge >= 0.3 is 0 Å². The average molecular weight is 420 g/mol. The molecular formula is C15H16ClFIN3.